The van der Waals surface area contributed by atoms with Crippen LogP contribution in [0.15, 0.2) is 48.5 Å². The lowest BCUT2D eigenvalue weighted by Crippen LogP contribution is -2.58. The Hall–Kier alpha value is -2.57. The number of piperidine rings is 1. The maximum absolute atomic E-state index is 14.7. The fourth-order valence-corrected chi connectivity index (χ4v) is 5.82. The molecule has 1 aliphatic heterocycles. The van der Waals surface area contributed by atoms with Gasteiger partial charge in [0.15, 0.2) is 5.78 Å². The molecule has 1 amide bonds. The summed E-state index contributed by atoms with van der Waals surface area (Å²) in [5, 5.41) is 3.33. The zero-order valence-electron chi connectivity index (χ0n) is 20.8. The Morgan fingerprint density at radius 1 is 1.03 bits per heavy atom. The van der Waals surface area contributed by atoms with Crippen molar-refractivity contribution in [1.29, 1.82) is 0 Å². The Morgan fingerprint density at radius 3 is 2.49 bits per heavy atom. The highest BCUT2D eigenvalue weighted by Crippen LogP contribution is 2.38. The first-order chi connectivity index (χ1) is 17.0. The van der Waals surface area contributed by atoms with Gasteiger partial charge in [-0.05, 0) is 37.0 Å². The van der Waals surface area contributed by atoms with Gasteiger partial charge in [-0.2, -0.15) is 0 Å². The van der Waals surface area contributed by atoms with Crippen molar-refractivity contribution in [2.24, 2.45) is 11.8 Å². The third-order valence-corrected chi connectivity index (χ3v) is 7.76. The van der Waals surface area contributed by atoms with E-state index in [4.69, 9.17) is 4.74 Å². The molecule has 1 heterocycles. The van der Waals surface area contributed by atoms with Crippen molar-refractivity contribution in [2.75, 3.05) is 33.4 Å². The van der Waals surface area contributed by atoms with E-state index in [1.54, 1.807) is 20.1 Å². The average Bonchev–Trinajstić information content (AvgIpc) is 2.89. The standard InChI is InChI=1S/C29H37FN2O3/c1-20-23(14-9-15-25(20)30)27-24(28(33)21-10-5-3-6-11-21)18-32(16-17-35-2)19-26(27)31-29(34)22-12-7-4-8-13-22/h3,5-6,9-11,14-15,22,24,26-27H,4,7-8,12-13,16-19H2,1-2H3,(H,31,34)/t24-,26+,27+/m0/s1. The molecule has 1 aliphatic carbocycles. The average molecular weight is 481 g/mol. The summed E-state index contributed by atoms with van der Waals surface area (Å²) in [5.41, 5.74) is 1.99. The maximum Gasteiger partial charge on any atom is 0.223 e. The molecular weight excluding hydrogens is 443 g/mol. The minimum Gasteiger partial charge on any atom is -0.383 e. The van der Waals surface area contributed by atoms with Crippen LogP contribution in [0, 0.1) is 24.6 Å². The summed E-state index contributed by atoms with van der Waals surface area (Å²) >= 11 is 0. The quantitative estimate of drug-likeness (QED) is 0.555. The first-order valence-electron chi connectivity index (χ1n) is 12.9. The van der Waals surface area contributed by atoms with Gasteiger partial charge in [0, 0.05) is 56.1 Å². The largest absolute Gasteiger partial charge is 0.383 e. The number of carbonyl (C=O) groups excluding carboxylic acids is 2. The van der Waals surface area contributed by atoms with Gasteiger partial charge in [0.25, 0.3) is 0 Å². The van der Waals surface area contributed by atoms with Crippen molar-refractivity contribution in [3.63, 3.8) is 0 Å². The molecular formula is C29H37FN2O3. The molecule has 188 valence electrons. The molecule has 0 bridgehead atoms. The summed E-state index contributed by atoms with van der Waals surface area (Å²) in [5.74, 6) is -0.917. The van der Waals surface area contributed by atoms with Gasteiger partial charge in [0.1, 0.15) is 5.82 Å². The second kappa shape index (κ2) is 11.9. The number of hydrogen-bond donors (Lipinski definition) is 1. The molecule has 5 nitrogen and oxygen atoms in total. The number of nitrogens with one attached hydrogen (secondary N) is 1. The summed E-state index contributed by atoms with van der Waals surface area (Å²) in [6, 6.07) is 14.1. The fourth-order valence-electron chi connectivity index (χ4n) is 5.82. The molecule has 0 aromatic heterocycles. The minimum atomic E-state index is -0.417. The molecule has 3 atom stereocenters. The molecule has 2 fully saturated rings. The van der Waals surface area contributed by atoms with Crippen LogP contribution in [0.2, 0.25) is 0 Å². The van der Waals surface area contributed by atoms with E-state index >= 15 is 0 Å². The normalized spacial score (nSPS) is 23.7. The van der Waals surface area contributed by atoms with Crippen LogP contribution in [0.5, 0.6) is 0 Å². The lowest BCUT2D eigenvalue weighted by molar-refractivity contribution is -0.127. The van der Waals surface area contributed by atoms with Gasteiger partial charge >= 0.3 is 0 Å². The van der Waals surface area contributed by atoms with Gasteiger partial charge in [-0.15, -0.1) is 0 Å². The minimum absolute atomic E-state index is 0.00985. The molecule has 2 aliphatic rings. The maximum atomic E-state index is 14.7. The second-order valence-corrected chi connectivity index (χ2v) is 10.0. The number of ketones is 1. The van der Waals surface area contributed by atoms with E-state index in [0.29, 0.717) is 37.4 Å². The highest BCUT2D eigenvalue weighted by molar-refractivity contribution is 5.98. The van der Waals surface area contributed by atoms with Gasteiger partial charge in [-0.3, -0.25) is 14.5 Å². The van der Waals surface area contributed by atoms with Crippen LogP contribution in [-0.4, -0.2) is 56.0 Å². The summed E-state index contributed by atoms with van der Waals surface area (Å²) in [6.07, 6.45) is 5.13. The van der Waals surface area contributed by atoms with Crippen molar-refractivity contribution in [1.82, 2.24) is 10.2 Å². The lowest BCUT2D eigenvalue weighted by Gasteiger charge is -2.44. The molecule has 0 radical (unpaired) electrons. The van der Waals surface area contributed by atoms with Crippen molar-refractivity contribution < 1.29 is 18.7 Å². The third kappa shape index (κ3) is 5.99. The van der Waals surface area contributed by atoms with Gasteiger partial charge in [-0.1, -0.05) is 61.7 Å². The fraction of sp³-hybridized carbons (Fsp3) is 0.517. The van der Waals surface area contributed by atoms with E-state index in [0.717, 1.165) is 31.2 Å². The molecule has 2 aromatic carbocycles. The number of Topliss-reactive ketones (excluding diaryl/α,β-unsaturated/α-hetero) is 1. The van der Waals surface area contributed by atoms with Crippen molar-refractivity contribution in [3.8, 4) is 0 Å². The number of methoxy groups -OCH3 is 1. The molecule has 35 heavy (non-hydrogen) atoms. The topological polar surface area (TPSA) is 58.6 Å². The van der Waals surface area contributed by atoms with Crippen LogP contribution in [0.25, 0.3) is 0 Å². The predicted molar refractivity (Wildman–Crippen MR) is 135 cm³/mol. The van der Waals surface area contributed by atoms with Crippen LogP contribution in [-0.2, 0) is 9.53 Å². The molecule has 1 N–H and O–H groups in total. The monoisotopic (exact) mass is 480 g/mol. The van der Waals surface area contributed by atoms with Crippen molar-refractivity contribution in [2.45, 2.75) is 51.0 Å². The van der Waals surface area contributed by atoms with Gasteiger partial charge < -0.3 is 10.1 Å². The zero-order valence-corrected chi connectivity index (χ0v) is 20.8. The summed E-state index contributed by atoms with van der Waals surface area (Å²) < 4.78 is 20.0. The number of amides is 1. The number of benzene rings is 2. The molecule has 6 heteroatoms. The highest BCUT2D eigenvalue weighted by atomic mass is 19.1. The molecule has 1 saturated carbocycles. The Bertz CT molecular complexity index is 1010. The van der Waals surface area contributed by atoms with Crippen LogP contribution < -0.4 is 5.32 Å². The van der Waals surface area contributed by atoms with E-state index < -0.39 is 5.92 Å². The van der Waals surface area contributed by atoms with Gasteiger partial charge in [-0.25, -0.2) is 4.39 Å². The molecule has 1 saturated heterocycles. The number of likely N-dealkylation sites (tertiary alicyclic amines) is 1. The number of carbonyl (C=O) groups is 2. The number of rotatable bonds is 8. The first-order valence-corrected chi connectivity index (χ1v) is 12.9. The number of halogens is 1. The van der Waals surface area contributed by atoms with Gasteiger partial charge in [0.2, 0.25) is 5.91 Å². The van der Waals surface area contributed by atoms with E-state index in [2.05, 4.69) is 10.2 Å². The van der Waals surface area contributed by atoms with Crippen LogP contribution in [0.4, 0.5) is 4.39 Å². The van der Waals surface area contributed by atoms with Crippen LogP contribution in [0.3, 0.4) is 0 Å². The van der Waals surface area contributed by atoms with E-state index in [-0.39, 0.29) is 35.4 Å². The first kappa shape index (κ1) is 25.5. The molecule has 0 unspecified atom stereocenters. The number of hydrogen-bond acceptors (Lipinski definition) is 4. The Labute approximate surface area is 208 Å². The summed E-state index contributed by atoms with van der Waals surface area (Å²) in [6.45, 7) is 4.11. The number of nitrogens with zero attached hydrogens (tertiary/aromatic N) is 1. The summed E-state index contributed by atoms with van der Waals surface area (Å²) in [7, 11) is 1.66. The molecule has 0 spiro atoms. The molecule has 4 rings (SSSR count). The number of ether oxygens (including phenoxy) is 1. The predicted octanol–water partition coefficient (Wildman–Crippen LogP) is 4.74. The Morgan fingerprint density at radius 2 is 1.77 bits per heavy atom. The smallest absolute Gasteiger partial charge is 0.223 e. The van der Waals surface area contributed by atoms with E-state index in [9.17, 15) is 14.0 Å². The Balaban J connectivity index is 1.72. The van der Waals surface area contributed by atoms with E-state index in [1.165, 1.54) is 12.5 Å². The summed E-state index contributed by atoms with van der Waals surface area (Å²) in [4.78, 5) is 29.4. The van der Waals surface area contributed by atoms with Gasteiger partial charge in [0.05, 0.1) is 6.61 Å². The van der Waals surface area contributed by atoms with Crippen LogP contribution >= 0.6 is 0 Å². The van der Waals surface area contributed by atoms with E-state index in [1.807, 2.05) is 36.4 Å². The van der Waals surface area contributed by atoms with Crippen molar-refractivity contribution in [3.05, 3.63) is 71.0 Å². The highest BCUT2D eigenvalue weighted by Gasteiger charge is 2.43. The third-order valence-electron chi connectivity index (χ3n) is 7.76. The second-order valence-electron chi connectivity index (χ2n) is 10.0. The molecule has 2 aromatic rings. The SMILES string of the molecule is COCCN1C[C@H](C(=O)c2ccccc2)[C@@H](c2cccc(F)c2C)[C@H](NC(=O)C2CCCCC2)C1. The zero-order chi connectivity index (χ0) is 24.8. The van der Waals surface area contributed by atoms with Crippen molar-refractivity contribution >= 4 is 11.7 Å². The Kier molecular flexibility index (Phi) is 8.69. The lowest BCUT2D eigenvalue weighted by atomic mass is 9.72. The van der Waals surface area contributed by atoms with Crippen LogP contribution in [0.1, 0.15) is 59.5 Å².